The highest BCUT2D eigenvalue weighted by Crippen LogP contribution is 1.94. The van der Waals surface area contributed by atoms with Crippen molar-refractivity contribution < 1.29 is 4.79 Å². The van der Waals surface area contributed by atoms with Gasteiger partial charge in [-0.1, -0.05) is 0 Å². The largest absolute Gasteiger partial charge is 0.351 e. The van der Waals surface area contributed by atoms with E-state index in [1.807, 2.05) is 0 Å². The lowest BCUT2D eigenvalue weighted by molar-refractivity contribution is 0.190. The topological polar surface area (TPSA) is 60.4 Å². The predicted octanol–water partition coefficient (Wildman–Crippen LogP) is -0.667. The molecule has 0 bridgehead atoms. The van der Waals surface area contributed by atoms with Crippen molar-refractivity contribution in [2.75, 3.05) is 19.8 Å². The van der Waals surface area contributed by atoms with Crippen LogP contribution in [0, 0.1) is 0 Å². The second kappa shape index (κ2) is 2.68. The molecule has 2 N–H and O–H groups in total. The van der Waals surface area contributed by atoms with Gasteiger partial charge in [-0.15, -0.1) is 0 Å². The van der Waals surface area contributed by atoms with Gasteiger partial charge in [0.15, 0.2) is 0 Å². The van der Waals surface area contributed by atoms with Crippen molar-refractivity contribution in [2.45, 2.75) is 6.42 Å². The molecule has 4 nitrogen and oxygen atoms in total. The zero-order valence-electron chi connectivity index (χ0n) is 5.21. The molecule has 4 heteroatoms. The number of rotatable bonds is 0. The third kappa shape index (κ3) is 1.57. The van der Waals surface area contributed by atoms with Crippen LogP contribution in [0.15, 0.2) is 0 Å². The Labute approximate surface area is 54.0 Å². The fourth-order valence-corrected chi connectivity index (χ4v) is 0.815. The lowest BCUT2D eigenvalue weighted by atomic mass is 10.3. The Morgan fingerprint density at radius 3 is 2.78 bits per heavy atom. The van der Waals surface area contributed by atoms with E-state index in [-0.39, 0.29) is 6.03 Å². The quantitative estimate of drug-likeness (QED) is 0.462. The third-order valence-corrected chi connectivity index (χ3v) is 1.33. The van der Waals surface area contributed by atoms with Crippen molar-refractivity contribution >= 4 is 6.03 Å². The average molecular weight is 128 g/mol. The highest BCUT2D eigenvalue weighted by atomic mass is 16.2. The normalized spacial score (nSPS) is 19.8. The summed E-state index contributed by atoms with van der Waals surface area (Å²) in [6, 6.07) is -0.363. The molecule has 1 fully saturated rings. The van der Waals surface area contributed by atoms with Crippen LogP contribution in [0.2, 0.25) is 0 Å². The van der Waals surface area contributed by atoms with Gasteiger partial charge < -0.3 is 10.6 Å². The van der Waals surface area contributed by atoms with Crippen LogP contribution < -0.4 is 11.1 Å². The summed E-state index contributed by atoms with van der Waals surface area (Å²) in [4.78, 5) is 12.0. The van der Waals surface area contributed by atoms with Crippen LogP contribution in [0.1, 0.15) is 6.42 Å². The first-order chi connectivity index (χ1) is 4.30. The summed E-state index contributed by atoms with van der Waals surface area (Å²) in [5.41, 5.74) is 4.99. The van der Waals surface area contributed by atoms with Gasteiger partial charge in [-0.3, -0.25) is 0 Å². The maximum Gasteiger partial charge on any atom is 0.315 e. The first kappa shape index (κ1) is 6.35. The first-order valence-corrected chi connectivity index (χ1v) is 2.98. The number of hydrogen-bond donors (Lipinski definition) is 1. The molecular formula is C5H10N3O. The fourth-order valence-electron chi connectivity index (χ4n) is 0.815. The smallest absolute Gasteiger partial charge is 0.315 e. The van der Waals surface area contributed by atoms with Crippen LogP contribution in [0.3, 0.4) is 0 Å². The molecule has 1 heterocycles. The minimum absolute atomic E-state index is 0.363. The summed E-state index contributed by atoms with van der Waals surface area (Å²) in [5, 5.41) is 4.00. The van der Waals surface area contributed by atoms with Gasteiger partial charge in [0.05, 0.1) is 6.67 Å². The minimum Gasteiger partial charge on any atom is -0.351 e. The van der Waals surface area contributed by atoms with E-state index in [0.717, 1.165) is 19.5 Å². The van der Waals surface area contributed by atoms with Crippen LogP contribution in [0.25, 0.3) is 0 Å². The maximum absolute atomic E-state index is 10.4. The molecule has 1 saturated heterocycles. The maximum atomic E-state index is 10.4. The molecule has 0 aromatic heterocycles. The van der Waals surface area contributed by atoms with E-state index in [1.165, 1.54) is 4.90 Å². The van der Waals surface area contributed by atoms with Crippen molar-refractivity contribution in [3.63, 3.8) is 0 Å². The molecule has 0 aliphatic carbocycles. The third-order valence-electron chi connectivity index (χ3n) is 1.33. The Balaban J connectivity index is 2.31. The van der Waals surface area contributed by atoms with Gasteiger partial charge in [0, 0.05) is 13.1 Å². The second-order valence-corrected chi connectivity index (χ2v) is 2.04. The molecule has 0 aromatic rings. The van der Waals surface area contributed by atoms with E-state index >= 15 is 0 Å². The summed E-state index contributed by atoms with van der Waals surface area (Å²) < 4.78 is 0. The van der Waals surface area contributed by atoms with E-state index in [4.69, 9.17) is 5.73 Å². The van der Waals surface area contributed by atoms with Gasteiger partial charge in [0.25, 0.3) is 0 Å². The molecule has 1 aliphatic rings. The lowest BCUT2D eigenvalue weighted by Gasteiger charge is -2.23. The summed E-state index contributed by atoms with van der Waals surface area (Å²) in [5.74, 6) is 0. The van der Waals surface area contributed by atoms with Crippen LogP contribution in [-0.4, -0.2) is 30.7 Å². The Bertz CT molecular complexity index is 109. The molecule has 2 amide bonds. The number of primary amides is 1. The average Bonchev–Trinajstić information content (AvgIpc) is 1.90. The molecular weight excluding hydrogens is 118 g/mol. The number of urea groups is 1. The second-order valence-electron chi connectivity index (χ2n) is 2.04. The van der Waals surface area contributed by atoms with Gasteiger partial charge in [-0.05, 0) is 6.42 Å². The van der Waals surface area contributed by atoms with Crippen molar-refractivity contribution in [1.82, 2.24) is 10.2 Å². The SMILES string of the molecule is NC(=O)N1CCC[N]C1. The van der Waals surface area contributed by atoms with E-state index in [1.54, 1.807) is 0 Å². The van der Waals surface area contributed by atoms with Crippen molar-refractivity contribution in [3.8, 4) is 0 Å². The van der Waals surface area contributed by atoms with Crippen molar-refractivity contribution in [3.05, 3.63) is 0 Å². The fraction of sp³-hybridized carbons (Fsp3) is 0.800. The van der Waals surface area contributed by atoms with Crippen molar-refractivity contribution in [2.24, 2.45) is 5.73 Å². The van der Waals surface area contributed by atoms with E-state index in [2.05, 4.69) is 5.32 Å². The number of hydrogen-bond acceptors (Lipinski definition) is 1. The molecule has 0 unspecified atom stereocenters. The Kier molecular flexibility index (Phi) is 1.89. The van der Waals surface area contributed by atoms with Crippen LogP contribution in [0.4, 0.5) is 4.79 Å². The number of amides is 2. The molecule has 51 valence electrons. The summed E-state index contributed by atoms with van der Waals surface area (Å²) in [7, 11) is 0. The lowest BCUT2D eigenvalue weighted by Crippen LogP contribution is -2.44. The molecule has 1 aliphatic heterocycles. The molecule has 1 rings (SSSR count). The molecule has 9 heavy (non-hydrogen) atoms. The zero-order chi connectivity index (χ0) is 6.69. The molecule has 0 atom stereocenters. The predicted molar refractivity (Wildman–Crippen MR) is 32.8 cm³/mol. The van der Waals surface area contributed by atoms with Gasteiger partial charge in [-0.25, -0.2) is 10.1 Å². The molecule has 0 spiro atoms. The van der Waals surface area contributed by atoms with Gasteiger partial charge in [-0.2, -0.15) is 0 Å². The molecule has 0 saturated carbocycles. The summed E-state index contributed by atoms with van der Waals surface area (Å²) in [6.45, 7) is 2.11. The Hall–Kier alpha value is -0.770. The summed E-state index contributed by atoms with van der Waals surface area (Å²) in [6.07, 6.45) is 0.947. The van der Waals surface area contributed by atoms with Gasteiger partial charge in [0.2, 0.25) is 0 Å². The van der Waals surface area contributed by atoms with Crippen LogP contribution >= 0.6 is 0 Å². The highest BCUT2D eigenvalue weighted by Gasteiger charge is 2.12. The van der Waals surface area contributed by atoms with Gasteiger partial charge in [0.1, 0.15) is 0 Å². The Morgan fingerprint density at radius 1 is 1.67 bits per heavy atom. The zero-order valence-corrected chi connectivity index (χ0v) is 5.21. The number of nitrogens with two attached hydrogens (primary N) is 1. The highest BCUT2D eigenvalue weighted by molar-refractivity contribution is 5.71. The first-order valence-electron chi connectivity index (χ1n) is 2.98. The number of nitrogens with zero attached hydrogens (tertiary/aromatic N) is 2. The summed E-state index contributed by atoms with van der Waals surface area (Å²) >= 11 is 0. The Morgan fingerprint density at radius 2 is 2.44 bits per heavy atom. The number of carbonyl (C=O) groups excluding carboxylic acids is 1. The van der Waals surface area contributed by atoms with Crippen LogP contribution in [0.5, 0.6) is 0 Å². The molecule has 1 radical (unpaired) electrons. The van der Waals surface area contributed by atoms with Crippen LogP contribution in [-0.2, 0) is 0 Å². The monoisotopic (exact) mass is 128 g/mol. The van der Waals surface area contributed by atoms with Crippen molar-refractivity contribution in [1.29, 1.82) is 0 Å². The van der Waals surface area contributed by atoms with E-state index in [0.29, 0.717) is 6.67 Å². The minimum atomic E-state index is -0.363. The number of carbonyl (C=O) groups is 1. The molecule has 0 aromatic carbocycles. The van der Waals surface area contributed by atoms with Gasteiger partial charge >= 0.3 is 6.03 Å². The van der Waals surface area contributed by atoms with E-state index < -0.39 is 0 Å². The standard InChI is InChI=1S/C5H10N3O/c6-5(9)8-3-1-2-7-4-8/h1-4H2,(H2,6,9). The van der Waals surface area contributed by atoms with E-state index in [9.17, 15) is 4.79 Å².